The molecule has 0 aliphatic heterocycles. The second kappa shape index (κ2) is 4.96. The summed E-state index contributed by atoms with van der Waals surface area (Å²) >= 11 is 1.56. The molecule has 0 atom stereocenters. The van der Waals surface area contributed by atoms with E-state index in [-0.39, 0.29) is 5.91 Å². The molecule has 0 unspecified atom stereocenters. The van der Waals surface area contributed by atoms with Gasteiger partial charge < -0.3 is 9.88 Å². The zero-order valence-electron chi connectivity index (χ0n) is 11.9. The van der Waals surface area contributed by atoms with Crippen LogP contribution in [0.3, 0.4) is 0 Å². The van der Waals surface area contributed by atoms with E-state index >= 15 is 0 Å². The van der Waals surface area contributed by atoms with Crippen LogP contribution < -0.4 is 5.32 Å². The van der Waals surface area contributed by atoms with E-state index in [1.165, 1.54) is 0 Å². The Kier molecular flexibility index (Phi) is 2.94. The molecule has 0 aliphatic carbocycles. The van der Waals surface area contributed by atoms with Crippen molar-refractivity contribution in [1.82, 2.24) is 9.55 Å². The van der Waals surface area contributed by atoms with E-state index in [4.69, 9.17) is 0 Å². The van der Waals surface area contributed by atoms with Crippen LogP contribution in [-0.2, 0) is 7.05 Å². The first-order valence-corrected chi connectivity index (χ1v) is 7.79. The number of hydrogen-bond acceptors (Lipinski definition) is 3. The molecule has 5 heteroatoms. The lowest BCUT2D eigenvalue weighted by molar-refractivity contribution is 0.102. The Bertz CT molecular complexity index is 999. The minimum absolute atomic E-state index is 0.0966. The molecule has 4 nitrogen and oxygen atoms in total. The van der Waals surface area contributed by atoms with Gasteiger partial charge in [-0.2, -0.15) is 0 Å². The van der Waals surface area contributed by atoms with Gasteiger partial charge in [-0.3, -0.25) is 4.79 Å². The summed E-state index contributed by atoms with van der Waals surface area (Å²) in [5, 5.41) is 3.93. The van der Waals surface area contributed by atoms with Gasteiger partial charge in [-0.05, 0) is 36.4 Å². The molecule has 0 saturated heterocycles. The van der Waals surface area contributed by atoms with Gasteiger partial charge >= 0.3 is 0 Å². The van der Waals surface area contributed by atoms with E-state index in [0.717, 1.165) is 26.8 Å². The molecule has 22 heavy (non-hydrogen) atoms. The van der Waals surface area contributed by atoms with E-state index in [1.54, 1.807) is 16.8 Å². The molecule has 0 fully saturated rings. The van der Waals surface area contributed by atoms with Gasteiger partial charge in [0.1, 0.15) is 0 Å². The van der Waals surface area contributed by atoms with Crippen molar-refractivity contribution in [2.75, 3.05) is 5.32 Å². The number of amides is 1. The van der Waals surface area contributed by atoms with Gasteiger partial charge in [0.2, 0.25) is 0 Å². The lowest BCUT2D eigenvalue weighted by Crippen LogP contribution is -2.12. The molecule has 1 N–H and O–H groups in total. The molecular weight excluding hydrogens is 294 g/mol. The van der Waals surface area contributed by atoms with Crippen LogP contribution in [-0.4, -0.2) is 15.5 Å². The summed E-state index contributed by atoms with van der Waals surface area (Å²) < 4.78 is 3.07. The Morgan fingerprint density at radius 2 is 2.14 bits per heavy atom. The van der Waals surface area contributed by atoms with E-state index in [0.29, 0.717) is 5.56 Å². The average molecular weight is 307 g/mol. The summed E-state index contributed by atoms with van der Waals surface area (Å²) in [4.78, 5) is 16.8. The molecule has 2 aromatic heterocycles. The minimum Gasteiger partial charge on any atom is -0.351 e. The molecule has 2 heterocycles. The third-order valence-electron chi connectivity index (χ3n) is 3.76. The summed E-state index contributed by atoms with van der Waals surface area (Å²) in [5.41, 5.74) is 5.27. The second-order valence-electron chi connectivity index (χ2n) is 5.15. The highest BCUT2D eigenvalue weighted by Crippen LogP contribution is 2.24. The van der Waals surface area contributed by atoms with Gasteiger partial charge in [0.25, 0.3) is 5.91 Å². The monoisotopic (exact) mass is 307 g/mol. The number of hydrogen-bond donors (Lipinski definition) is 1. The molecule has 2 aromatic carbocycles. The largest absolute Gasteiger partial charge is 0.351 e. The fourth-order valence-corrected chi connectivity index (χ4v) is 3.35. The van der Waals surface area contributed by atoms with Crippen LogP contribution in [0.4, 0.5) is 5.69 Å². The minimum atomic E-state index is -0.0966. The third kappa shape index (κ3) is 2.07. The number of thiazole rings is 1. The van der Waals surface area contributed by atoms with Crippen LogP contribution in [0.2, 0.25) is 0 Å². The summed E-state index contributed by atoms with van der Waals surface area (Å²) in [6.07, 6.45) is 1.96. The number of benzene rings is 2. The predicted molar refractivity (Wildman–Crippen MR) is 90.5 cm³/mol. The summed E-state index contributed by atoms with van der Waals surface area (Å²) in [5.74, 6) is -0.0966. The second-order valence-corrected chi connectivity index (χ2v) is 6.04. The smallest absolute Gasteiger partial charge is 0.256 e. The number of nitrogens with one attached hydrogen (secondary N) is 1. The Morgan fingerprint density at radius 3 is 3.05 bits per heavy atom. The third-order valence-corrected chi connectivity index (χ3v) is 4.55. The van der Waals surface area contributed by atoms with Crippen LogP contribution in [0, 0.1) is 0 Å². The van der Waals surface area contributed by atoms with Crippen LogP contribution in [0.1, 0.15) is 10.4 Å². The summed E-state index contributed by atoms with van der Waals surface area (Å²) in [6, 6.07) is 13.5. The number of carbonyl (C=O) groups is 1. The van der Waals surface area contributed by atoms with Crippen molar-refractivity contribution < 1.29 is 4.79 Å². The first-order valence-electron chi connectivity index (χ1n) is 6.91. The lowest BCUT2D eigenvalue weighted by Gasteiger charge is -2.07. The topological polar surface area (TPSA) is 46.9 Å². The van der Waals surface area contributed by atoms with Gasteiger partial charge in [0.05, 0.1) is 15.7 Å². The highest BCUT2D eigenvalue weighted by molar-refractivity contribution is 7.16. The van der Waals surface area contributed by atoms with Gasteiger partial charge in [-0.1, -0.05) is 6.07 Å². The highest BCUT2D eigenvalue weighted by atomic mass is 32.1. The molecule has 4 rings (SSSR count). The molecule has 0 bridgehead atoms. The number of aromatic nitrogens is 2. The molecule has 0 aliphatic rings. The molecule has 1 amide bonds. The van der Waals surface area contributed by atoms with Crippen LogP contribution in [0.15, 0.2) is 54.2 Å². The van der Waals surface area contributed by atoms with E-state index in [2.05, 4.69) is 10.3 Å². The van der Waals surface area contributed by atoms with E-state index in [9.17, 15) is 4.79 Å². The SMILES string of the molecule is Cn1ccc2c(C(=O)Nc3ccc4ncsc4c3)cccc21. The van der Waals surface area contributed by atoms with Gasteiger partial charge in [0, 0.05) is 35.4 Å². The van der Waals surface area contributed by atoms with Gasteiger partial charge in [-0.15, -0.1) is 11.3 Å². The summed E-state index contributed by atoms with van der Waals surface area (Å²) in [6.45, 7) is 0. The molecule has 0 spiro atoms. The van der Waals surface area contributed by atoms with Crippen molar-refractivity contribution in [3.63, 3.8) is 0 Å². The molecule has 4 aromatic rings. The van der Waals surface area contributed by atoms with E-state index in [1.807, 2.05) is 60.3 Å². The molecular formula is C17H13N3OS. The maximum Gasteiger partial charge on any atom is 0.256 e. The Hall–Kier alpha value is -2.66. The van der Waals surface area contributed by atoms with Crippen LogP contribution in [0.5, 0.6) is 0 Å². The van der Waals surface area contributed by atoms with Crippen molar-refractivity contribution in [3.8, 4) is 0 Å². The number of anilines is 1. The highest BCUT2D eigenvalue weighted by Gasteiger charge is 2.12. The number of rotatable bonds is 2. The Labute approximate surface area is 131 Å². The first-order chi connectivity index (χ1) is 10.7. The van der Waals surface area contributed by atoms with Crippen molar-refractivity contribution in [2.24, 2.45) is 7.05 Å². The molecule has 108 valence electrons. The zero-order chi connectivity index (χ0) is 15.1. The summed E-state index contributed by atoms with van der Waals surface area (Å²) in [7, 11) is 1.97. The quantitative estimate of drug-likeness (QED) is 0.607. The number of nitrogens with zero attached hydrogens (tertiary/aromatic N) is 2. The van der Waals surface area contributed by atoms with Gasteiger partial charge in [0.15, 0.2) is 0 Å². The predicted octanol–water partition coefficient (Wildman–Crippen LogP) is 4.04. The van der Waals surface area contributed by atoms with Crippen molar-refractivity contribution in [3.05, 3.63) is 59.7 Å². The molecule has 0 saturated carbocycles. The lowest BCUT2D eigenvalue weighted by atomic mass is 10.1. The maximum absolute atomic E-state index is 12.6. The van der Waals surface area contributed by atoms with E-state index < -0.39 is 0 Å². The normalized spacial score (nSPS) is 11.1. The maximum atomic E-state index is 12.6. The van der Waals surface area contributed by atoms with Crippen LogP contribution in [0.25, 0.3) is 21.1 Å². The number of aryl methyl sites for hydroxylation is 1. The standard InChI is InChI=1S/C17H13N3OS/c1-20-8-7-12-13(3-2-4-15(12)20)17(21)19-11-5-6-14-16(9-11)22-10-18-14/h2-10H,1H3,(H,19,21). The van der Waals surface area contributed by atoms with Crippen molar-refractivity contribution in [1.29, 1.82) is 0 Å². The molecule has 0 radical (unpaired) electrons. The van der Waals surface area contributed by atoms with Crippen LogP contribution >= 0.6 is 11.3 Å². The fourth-order valence-electron chi connectivity index (χ4n) is 2.63. The average Bonchev–Trinajstić information content (AvgIpc) is 3.13. The fraction of sp³-hybridized carbons (Fsp3) is 0.0588. The first kappa shape index (κ1) is 13.0. The van der Waals surface area contributed by atoms with Crippen molar-refractivity contribution in [2.45, 2.75) is 0 Å². The Morgan fingerprint density at radius 1 is 1.23 bits per heavy atom. The van der Waals surface area contributed by atoms with Gasteiger partial charge in [-0.25, -0.2) is 4.98 Å². The number of carbonyl (C=O) groups excluding carboxylic acids is 1. The number of fused-ring (bicyclic) bond motifs is 2. The zero-order valence-corrected chi connectivity index (χ0v) is 12.7. The van der Waals surface area contributed by atoms with Crippen molar-refractivity contribution >= 4 is 44.1 Å². The Balaban J connectivity index is 1.71.